The summed E-state index contributed by atoms with van der Waals surface area (Å²) in [6, 6.07) is 0. The normalized spacial score (nSPS) is 12.5. The van der Waals surface area contributed by atoms with Gasteiger partial charge >= 0.3 is 17.9 Å². The van der Waals surface area contributed by atoms with Crippen LogP contribution in [0.15, 0.2) is 72.9 Å². The van der Waals surface area contributed by atoms with E-state index >= 15 is 0 Å². The number of rotatable bonds is 61. The van der Waals surface area contributed by atoms with Crippen molar-refractivity contribution in [2.24, 2.45) is 0 Å². The van der Waals surface area contributed by atoms with Gasteiger partial charge in [-0.05, 0) is 89.9 Å². The summed E-state index contributed by atoms with van der Waals surface area (Å²) in [5.74, 6) is -0.902. The van der Waals surface area contributed by atoms with Crippen molar-refractivity contribution in [3.05, 3.63) is 72.9 Å². The fourth-order valence-corrected chi connectivity index (χ4v) is 9.70. The van der Waals surface area contributed by atoms with Gasteiger partial charge in [-0.2, -0.15) is 0 Å². The van der Waals surface area contributed by atoms with Gasteiger partial charge in [0, 0.05) is 19.3 Å². The predicted octanol–water partition coefficient (Wildman–Crippen LogP) is 22.9. The van der Waals surface area contributed by atoms with E-state index in [2.05, 4.69) is 93.7 Å². The van der Waals surface area contributed by atoms with Crippen molar-refractivity contribution < 1.29 is 28.6 Å². The molecular weight excluding hydrogens is 949 g/mol. The van der Waals surface area contributed by atoms with Crippen LogP contribution in [0.5, 0.6) is 0 Å². The molecule has 0 radical (unpaired) electrons. The molecule has 0 aliphatic rings. The maximum absolute atomic E-state index is 12.9. The lowest BCUT2D eigenvalue weighted by molar-refractivity contribution is -0.167. The minimum absolute atomic E-state index is 0.0852. The molecule has 0 aromatic heterocycles. The lowest BCUT2D eigenvalue weighted by Gasteiger charge is -2.18. The quantitative estimate of drug-likeness (QED) is 0.0261. The maximum Gasteiger partial charge on any atom is 0.306 e. The first-order chi connectivity index (χ1) is 38.0. The van der Waals surface area contributed by atoms with Gasteiger partial charge in [0.25, 0.3) is 0 Å². The van der Waals surface area contributed by atoms with Crippen LogP contribution in [0.25, 0.3) is 0 Å². The second kappa shape index (κ2) is 65.4. The van der Waals surface area contributed by atoms with Crippen LogP contribution in [0.1, 0.15) is 342 Å². The molecule has 0 fully saturated rings. The molecule has 0 saturated carbocycles. The number of carbonyl (C=O) groups excluding carboxylic acids is 3. The lowest BCUT2D eigenvalue weighted by atomic mass is 10.0. The number of unbranched alkanes of at least 4 members (excludes halogenated alkanes) is 38. The first-order valence-corrected chi connectivity index (χ1v) is 33.4. The molecule has 0 bridgehead atoms. The van der Waals surface area contributed by atoms with Gasteiger partial charge in [0.2, 0.25) is 0 Å². The van der Waals surface area contributed by atoms with Gasteiger partial charge in [0.1, 0.15) is 13.2 Å². The number of carbonyl (C=O) groups is 3. The molecule has 1 atom stereocenters. The van der Waals surface area contributed by atoms with Gasteiger partial charge in [0.05, 0.1) is 0 Å². The Bertz CT molecular complexity index is 1420. The molecule has 0 aromatic rings. The van der Waals surface area contributed by atoms with Crippen molar-refractivity contribution in [3.8, 4) is 0 Å². The van der Waals surface area contributed by atoms with Crippen LogP contribution in [-0.2, 0) is 28.6 Å². The van der Waals surface area contributed by atoms with Crippen molar-refractivity contribution >= 4 is 17.9 Å². The molecule has 446 valence electrons. The minimum atomic E-state index is -0.791. The van der Waals surface area contributed by atoms with Crippen molar-refractivity contribution in [2.45, 2.75) is 348 Å². The first kappa shape index (κ1) is 73.8. The third kappa shape index (κ3) is 63.6. The third-order valence-electron chi connectivity index (χ3n) is 14.7. The Morgan fingerprint density at radius 1 is 0.273 bits per heavy atom. The standard InChI is InChI=1S/C71H126O6/c1-4-7-10-13-16-19-22-24-26-28-30-31-32-33-34-35-36-37-38-39-41-42-44-46-49-52-55-58-61-64-70(73)76-67-68(66-75-69(72)63-60-57-54-51-48-21-18-15-12-9-6-3)77-71(74)65-62-59-56-53-50-47-45-43-40-29-27-25-23-20-17-14-11-8-5-2/h8,11,17,20,25,27-28,30,40,43,47,50,68H,4-7,9-10,12-16,18-19,21-24,26,29,31-39,41-42,44-46,48-49,51-67H2,1-3H3/b11-8-,20-17-,27-25-,30-28-,43-40-,50-47-. The van der Waals surface area contributed by atoms with Gasteiger partial charge in [0.15, 0.2) is 6.10 Å². The number of esters is 3. The number of allylic oxidation sites excluding steroid dienone is 12. The van der Waals surface area contributed by atoms with Gasteiger partial charge in [-0.15, -0.1) is 0 Å². The fourth-order valence-electron chi connectivity index (χ4n) is 9.70. The van der Waals surface area contributed by atoms with Crippen molar-refractivity contribution in [1.29, 1.82) is 0 Å². The van der Waals surface area contributed by atoms with E-state index < -0.39 is 6.10 Å². The van der Waals surface area contributed by atoms with E-state index in [0.29, 0.717) is 19.3 Å². The van der Waals surface area contributed by atoms with Gasteiger partial charge in [-0.1, -0.05) is 306 Å². The molecule has 77 heavy (non-hydrogen) atoms. The van der Waals surface area contributed by atoms with E-state index in [4.69, 9.17) is 14.2 Å². The Kier molecular flexibility index (Phi) is 62.7. The van der Waals surface area contributed by atoms with Gasteiger partial charge < -0.3 is 14.2 Å². The number of hydrogen-bond donors (Lipinski definition) is 0. The van der Waals surface area contributed by atoms with Crippen LogP contribution in [0.3, 0.4) is 0 Å². The SMILES string of the molecule is CC/C=C\C/C=C\C/C=C\C/C=C\C/C=C\CCCCCC(=O)OC(COC(=O)CCCCCCCCCCCCC)COC(=O)CCCCCCCCCCCCCCCCCCC/C=C\CCCCCCCCCC. The summed E-state index contributed by atoms with van der Waals surface area (Å²) in [6.45, 7) is 6.53. The molecule has 0 amide bonds. The molecule has 6 heteroatoms. The van der Waals surface area contributed by atoms with E-state index in [1.54, 1.807) is 0 Å². The van der Waals surface area contributed by atoms with E-state index in [0.717, 1.165) is 96.3 Å². The van der Waals surface area contributed by atoms with Crippen molar-refractivity contribution in [1.82, 2.24) is 0 Å². The van der Waals surface area contributed by atoms with Gasteiger partial charge in [-0.25, -0.2) is 0 Å². The van der Waals surface area contributed by atoms with Crippen LogP contribution >= 0.6 is 0 Å². The topological polar surface area (TPSA) is 78.9 Å². The van der Waals surface area contributed by atoms with Crippen LogP contribution in [-0.4, -0.2) is 37.2 Å². The molecule has 1 unspecified atom stereocenters. The molecular formula is C71H126O6. The Hall–Kier alpha value is -3.15. The Labute approximate surface area is 478 Å². The first-order valence-electron chi connectivity index (χ1n) is 33.4. The molecule has 0 aromatic carbocycles. The van der Waals surface area contributed by atoms with Crippen LogP contribution < -0.4 is 0 Å². The molecule has 0 heterocycles. The summed E-state index contributed by atoms with van der Waals surface area (Å²) < 4.78 is 16.9. The molecule has 0 aliphatic carbocycles. The number of hydrogen-bond acceptors (Lipinski definition) is 6. The maximum atomic E-state index is 12.9. The van der Waals surface area contributed by atoms with Crippen LogP contribution in [0, 0.1) is 0 Å². The molecule has 0 N–H and O–H groups in total. The smallest absolute Gasteiger partial charge is 0.306 e. The Morgan fingerprint density at radius 2 is 0.506 bits per heavy atom. The van der Waals surface area contributed by atoms with Gasteiger partial charge in [-0.3, -0.25) is 14.4 Å². The molecule has 0 aliphatic heterocycles. The summed E-state index contributed by atoms with van der Waals surface area (Å²) in [7, 11) is 0. The highest BCUT2D eigenvalue weighted by atomic mass is 16.6. The van der Waals surface area contributed by atoms with E-state index in [9.17, 15) is 14.4 Å². The largest absolute Gasteiger partial charge is 0.462 e. The van der Waals surface area contributed by atoms with Crippen LogP contribution in [0.2, 0.25) is 0 Å². The molecule has 0 rings (SSSR count). The highest BCUT2D eigenvalue weighted by Gasteiger charge is 2.19. The molecule has 6 nitrogen and oxygen atoms in total. The van der Waals surface area contributed by atoms with E-state index in [1.165, 1.54) is 205 Å². The number of ether oxygens (including phenoxy) is 3. The second-order valence-corrected chi connectivity index (χ2v) is 22.4. The Balaban J connectivity index is 4.21. The van der Waals surface area contributed by atoms with E-state index in [1.807, 2.05) is 0 Å². The Morgan fingerprint density at radius 3 is 0.818 bits per heavy atom. The second-order valence-electron chi connectivity index (χ2n) is 22.4. The van der Waals surface area contributed by atoms with Crippen molar-refractivity contribution in [3.63, 3.8) is 0 Å². The highest BCUT2D eigenvalue weighted by molar-refractivity contribution is 5.71. The summed E-state index contributed by atoms with van der Waals surface area (Å²) in [5, 5.41) is 0. The zero-order valence-electron chi connectivity index (χ0n) is 51.2. The zero-order chi connectivity index (χ0) is 55.7. The lowest BCUT2D eigenvalue weighted by Crippen LogP contribution is -2.30. The highest BCUT2D eigenvalue weighted by Crippen LogP contribution is 2.17. The average molecular weight is 1080 g/mol. The summed E-state index contributed by atoms with van der Waals surface area (Å²) in [6.07, 6.45) is 85.0. The minimum Gasteiger partial charge on any atom is -0.462 e. The summed E-state index contributed by atoms with van der Waals surface area (Å²) in [5.41, 5.74) is 0. The molecule has 0 spiro atoms. The van der Waals surface area contributed by atoms with E-state index in [-0.39, 0.29) is 31.1 Å². The van der Waals surface area contributed by atoms with Crippen LogP contribution in [0.4, 0.5) is 0 Å². The fraction of sp³-hybridized carbons (Fsp3) is 0.789. The third-order valence-corrected chi connectivity index (χ3v) is 14.7. The average Bonchev–Trinajstić information content (AvgIpc) is 3.43. The van der Waals surface area contributed by atoms with Crippen molar-refractivity contribution in [2.75, 3.05) is 13.2 Å². The molecule has 0 saturated heterocycles. The summed E-state index contributed by atoms with van der Waals surface area (Å²) >= 11 is 0. The predicted molar refractivity (Wildman–Crippen MR) is 335 cm³/mol. The monoisotopic (exact) mass is 1070 g/mol. The zero-order valence-corrected chi connectivity index (χ0v) is 51.2. The summed E-state index contributed by atoms with van der Waals surface area (Å²) in [4.78, 5) is 38.3.